The topological polar surface area (TPSA) is 50.5 Å². The highest BCUT2D eigenvalue weighted by Crippen LogP contribution is 2.08. The van der Waals surface area contributed by atoms with Crippen LogP contribution < -0.4 is 11.3 Å². The molecule has 0 amide bonds. The summed E-state index contributed by atoms with van der Waals surface area (Å²) in [5.74, 6) is 5.11. The molecule has 0 aromatic rings. The molecule has 1 aliphatic rings. The molecule has 0 aromatic carbocycles. The Morgan fingerprint density at radius 3 is 2.90 bits per heavy atom. The molecule has 0 radical (unpaired) electrons. The second kappa shape index (κ2) is 3.88. The van der Waals surface area contributed by atoms with Gasteiger partial charge in [-0.2, -0.15) is 0 Å². The van der Waals surface area contributed by atoms with Gasteiger partial charge in [-0.05, 0) is 0 Å². The van der Waals surface area contributed by atoms with Gasteiger partial charge in [0, 0.05) is 33.3 Å². The molecule has 0 saturated carbocycles. The summed E-state index contributed by atoms with van der Waals surface area (Å²) in [4.78, 5) is 2.30. The van der Waals surface area contributed by atoms with Crippen molar-refractivity contribution in [1.29, 1.82) is 0 Å². The van der Waals surface area contributed by atoms with Gasteiger partial charge < -0.3 is 4.74 Å². The summed E-state index contributed by atoms with van der Waals surface area (Å²) < 4.78 is 5.10. The maximum absolute atomic E-state index is 5.11. The van der Waals surface area contributed by atoms with Gasteiger partial charge in [-0.15, -0.1) is 0 Å². The number of nitrogens with two attached hydrogens (primary N) is 1. The smallest absolute Gasteiger partial charge is 0.0824 e. The first-order valence-corrected chi connectivity index (χ1v) is 3.55. The van der Waals surface area contributed by atoms with Gasteiger partial charge in [0.25, 0.3) is 0 Å². The molecule has 4 heteroatoms. The lowest BCUT2D eigenvalue weighted by atomic mass is 10.2. The van der Waals surface area contributed by atoms with Crippen LogP contribution in [0.15, 0.2) is 0 Å². The fourth-order valence-electron chi connectivity index (χ4n) is 1.08. The number of hydrazine groups is 1. The molecule has 1 rings (SSSR count). The van der Waals surface area contributed by atoms with Gasteiger partial charge in [0.1, 0.15) is 0 Å². The Balaban J connectivity index is 1.93. The molecule has 60 valence electrons. The fraction of sp³-hybridized carbons (Fsp3) is 1.00. The molecule has 10 heavy (non-hydrogen) atoms. The number of rotatable bonds is 4. The first-order valence-electron chi connectivity index (χ1n) is 3.55. The van der Waals surface area contributed by atoms with Gasteiger partial charge >= 0.3 is 0 Å². The highest BCUT2D eigenvalue weighted by atomic mass is 16.5. The van der Waals surface area contributed by atoms with Crippen molar-refractivity contribution in [3.05, 3.63) is 0 Å². The third kappa shape index (κ3) is 1.91. The molecule has 0 aromatic heterocycles. The van der Waals surface area contributed by atoms with Crippen molar-refractivity contribution in [1.82, 2.24) is 10.3 Å². The van der Waals surface area contributed by atoms with Gasteiger partial charge in [0.05, 0.1) is 6.10 Å². The Kier molecular flexibility index (Phi) is 3.08. The van der Waals surface area contributed by atoms with E-state index in [1.54, 1.807) is 7.11 Å². The number of ether oxygens (including phenoxy) is 1. The van der Waals surface area contributed by atoms with E-state index in [0.717, 1.165) is 26.2 Å². The predicted octanol–water partition coefficient (Wildman–Crippen LogP) is -1.22. The van der Waals surface area contributed by atoms with Crippen LogP contribution in [0.2, 0.25) is 0 Å². The van der Waals surface area contributed by atoms with Crippen LogP contribution in [0.25, 0.3) is 0 Å². The molecule has 0 bridgehead atoms. The zero-order valence-electron chi connectivity index (χ0n) is 6.34. The summed E-state index contributed by atoms with van der Waals surface area (Å²) in [5, 5.41) is 0. The summed E-state index contributed by atoms with van der Waals surface area (Å²) in [6.45, 7) is 3.99. The number of methoxy groups -OCH3 is 1. The molecule has 0 unspecified atom stereocenters. The van der Waals surface area contributed by atoms with Crippen molar-refractivity contribution in [3.8, 4) is 0 Å². The van der Waals surface area contributed by atoms with Crippen molar-refractivity contribution < 1.29 is 4.74 Å². The quantitative estimate of drug-likeness (QED) is 0.384. The maximum Gasteiger partial charge on any atom is 0.0824 e. The molecule has 3 N–H and O–H groups in total. The van der Waals surface area contributed by atoms with E-state index in [9.17, 15) is 0 Å². The van der Waals surface area contributed by atoms with Crippen molar-refractivity contribution >= 4 is 0 Å². The Labute approximate surface area is 61.3 Å². The summed E-state index contributed by atoms with van der Waals surface area (Å²) in [6.07, 6.45) is 0.456. The second-order valence-corrected chi connectivity index (χ2v) is 2.57. The standard InChI is InChI=1S/C6H15N3O/c1-10-6-4-9(5-6)3-2-8-7/h6,8H,2-5,7H2,1H3. The molecule has 0 atom stereocenters. The van der Waals surface area contributed by atoms with Crippen LogP contribution in [0.4, 0.5) is 0 Å². The zero-order chi connectivity index (χ0) is 7.40. The van der Waals surface area contributed by atoms with Crippen molar-refractivity contribution in [2.45, 2.75) is 6.10 Å². The summed E-state index contributed by atoms with van der Waals surface area (Å²) in [6, 6.07) is 0. The molecule has 1 saturated heterocycles. The Morgan fingerprint density at radius 1 is 1.70 bits per heavy atom. The van der Waals surface area contributed by atoms with E-state index in [2.05, 4.69) is 10.3 Å². The van der Waals surface area contributed by atoms with E-state index in [-0.39, 0.29) is 0 Å². The monoisotopic (exact) mass is 145 g/mol. The summed E-state index contributed by atoms with van der Waals surface area (Å²) >= 11 is 0. The van der Waals surface area contributed by atoms with Gasteiger partial charge in [-0.1, -0.05) is 0 Å². The van der Waals surface area contributed by atoms with Crippen LogP contribution in [-0.2, 0) is 4.74 Å². The average molecular weight is 145 g/mol. The Hall–Kier alpha value is -0.160. The average Bonchev–Trinajstić information content (AvgIpc) is 1.86. The van der Waals surface area contributed by atoms with Crippen LogP contribution in [0.1, 0.15) is 0 Å². The molecular formula is C6H15N3O. The van der Waals surface area contributed by atoms with Gasteiger partial charge in [-0.25, -0.2) is 0 Å². The SMILES string of the molecule is COC1CN(CCNN)C1. The third-order valence-electron chi connectivity index (χ3n) is 1.83. The molecule has 0 aliphatic carbocycles. The van der Waals surface area contributed by atoms with Crippen LogP contribution in [0, 0.1) is 0 Å². The third-order valence-corrected chi connectivity index (χ3v) is 1.83. The van der Waals surface area contributed by atoms with Gasteiger partial charge in [0.15, 0.2) is 0 Å². The molecule has 4 nitrogen and oxygen atoms in total. The Morgan fingerprint density at radius 2 is 2.40 bits per heavy atom. The second-order valence-electron chi connectivity index (χ2n) is 2.57. The van der Waals surface area contributed by atoms with E-state index in [4.69, 9.17) is 10.6 Å². The molecule has 0 spiro atoms. The normalized spacial score (nSPS) is 21.0. The Bertz CT molecular complexity index is 90.2. The van der Waals surface area contributed by atoms with Gasteiger partial charge in [0.2, 0.25) is 0 Å². The van der Waals surface area contributed by atoms with E-state index in [1.165, 1.54) is 0 Å². The number of hydrogen-bond donors (Lipinski definition) is 2. The van der Waals surface area contributed by atoms with Crippen molar-refractivity contribution in [2.75, 3.05) is 33.3 Å². The molecule has 1 aliphatic heterocycles. The van der Waals surface area contributed by atoms with Gasteiger partial charge in [-0.3, -0.25) is 16.2 Å². The van der Waals surface area contributed by atoms with Crippen LogP contribution >= 0.6 is 0 Å². The first kappa shape index (κ1) is 7.94. The number of hydrogen-bond acceptors (Lipinski definition) is 4. The molecular weight excluding hydrogens is 130 g/mol. The lowest BCUT2D eigenvalue weighted by Gasteiger charge is -2.37. The highest BCUT2D eigenvalue weighted by molar-refractivity contribution is 4.79. The van der Waals surface area contributed by atoms with E-state index in [1.807, 2.05) is 0 Å². The maximum atomic E-state index is 5.11. The molecule has 1 fully saturated rings. The van der Waals surface area contributed by atoms with E-state index < -0.39 is 0 Å². The number of nitrogens with zero attached hydrogens (tertiary/aromatic N) is 1. The lowest BCUT2D eigenvalue weighted by molar-refractivity contribution is -0.0283. The minimum Gasteiger partial charge on any atom is -0.379 e. The predicted molar refractivity (Wildman–Crippen MR) is 39.4 cm³/mol. The highest BCUT2D eigenvalue weighted by Gasteiger charge is 2.24. The first-order chi connectivity index (χ1) is 4.86. The summed E-state index contributed by atoms with van der Waals surface area (Å²) in [7, 11) is 1.75. The van der Waals surface area contributed by atoms with E-state index >= 15 is 0 Å². The van der Waals surface area contributed by atoms with Crippen molar-refractivity contribution in [2.24, 2.45) is 5.84 Å². The van der Waals surface area contributed by atoms with Crippen LogP contribution in [-0.4, -0.2) is 44.3 Å². The minimum atomic E-state index is 0.456. The fourth-order valence-corrected chi connectivity index (χ4v) is 1.08. The lowest BCUT2D eigenvalue weighted by Crippen LogP contribution is -2.53. The van der Waals surface area contributed by atoms with Crippen LogP contribution in [0.5, 0.6) is 0 Å². The largest absolute Gasteiger partial charge is 0.379 e. The summed E-state index contributed by atoms with van der Waals surface area (Å²) in [5.41, 5.74) is 2.62. The minimum absolute atomic E-state index is 0.456. The van der Waals surface area contributed by atoms with Crippen molar-refractivity contribution in [3.63, 3.8) is 0 Å². The van der Waals surface area contributed by atoms with E-state index in [0.29, 0.717) is 6.10 Å². The number of nitrogens with one attached hydrogen (secondary N) is 1. The molecule has 1 heterocycles. The zero-order valence-corrected chi connectivity index (χ0v) is 6.34. The number of likely N-dealkylation sites (tertiary alicyclic amines) is 1. The van der Waals surface area contributed by atoms with Crippen LogP contribution in [0.3, 0.4) is 0 Å².